The Balaban J connectivity index is 2.67. The molecule has 126 valence electrons. The Morgan fingerprint density at radius 3 is 2.43 bits per heavy atom. The monoisotopic (exact) mass is 298 g/mol. The SMILES string of the molecule is CCCNC1CCC(C(C)(C)C)CC1CN(CC)CCO. The summed E-state index contributed by atoms with van der Waals surface area (Å²) in [6.07, 6.45) is 5.20. The van der Waals surface area contributed by atoms with Gasteiger partial charge in [-0.1, -0.05) is 34.6 Å². The maximum atomic E-state index is 9.23. The van der Waals surface area contributed by atoms with E-state index in [0.717, 1.165) is 38.0 Å². The van der Waals surface area contributed by atoms with Crippen molar-refractivity contribution in [1.82, 2.24) is 10.2 Å². The minimum atomic E-state index is 0.274. The zero-order valence-corrected chi connectivity index (χ0v) is 15.0. The van der Waals surface area contributed by atoms with Gasteiger partial charge in [-0.15, -0.1) is 0 Å². The Kier molecular flexibility index (Phi) is 8.22. The molecule has 0 aliphatic heterocycles. The molecule has 0 aromatic heterocycles. The average Bonchev–Trinajstić information content (AvgIpc) is 2.44. The van der Waals surface area contributed by atoms with Crippen LogP contribution in [0.2, 0.25) is 0 Å². The van der Waals surface area contributed by atoms with E-state index >= 15 is 0 Å². The lowest BCUT2D eigenvalue weighted by atomic mass is 9.67. The molecule has 0 spiro atoms. The van der Waals surface area contributed by atoms with Gasteiger partial charge in [0.2, 0.25) is 0 Å². The van der Waals surface area contributed by atoms with Crippen molar-refractivity contribution in [2.24, 2.45) is 17.3 Å². The third-order valence-corrected chi connectivity index (χ3v) is 5.22. The lowest BCUT2D eigenvalue weighted by molar-refractivity contribution is 0.0827. The van der Waals surface area contributed by atoms with Gasteiger partial charge in [0.05, 0.1) is 6.61 Å². The van der Waals surface area contributed by atoms with Crippen molar-refractivity contribution in [1.29, 1.82) is 0 Å². The van der Waals surface area contributed by atoms with Gasteiger partial charge in [-0.05, 0) is 56.0 Å². The highest BCUT2D eigenvalue weighted by molar-refractivity contribution is 4.90. The molecule has 3 nitrogen and oxygen atoms in total. The van der Waals surface area contributed by atoms with Crippen LogP contribution in [0.25, 0.3) is 0 Å². The Labute approximate surface area is 132 Å². The number of likely N-dealkylation sites (N-methyl/N-ethyl adjacent to an activating group) is 1. The van der Waals surface area contributed by atoms with E-state index in [1.807, 2.05) is 0 Å². The molecular formula is C18H38N2O. The second-order valence-corrected chi connectivity index (χ2v) is 7.81. The normalized spacial score (nSPS) is 27.3. The highest BCUT2D eigenvalue weighted by Gasteiger charge is 2.36. The second kappa shape index (κ2) is 9.12. The quantitative estimate of drug-likeness (QED) is 0.722. The van der Waals surface area contributed by atoms with Gasteiger partial charge in [-0.25, -0.2) is 0 Å². The Hall–Kier alpha value is -0.120. The van der Waals surface area contributed by atoms with Gasteiger partial charge in [-0.3, -0.25) is 0 Å². The Morgan fingerprint density at radius 2 is 1.90 bits per heavy atom. The molecule has 1 saturated carbocycles. The van der Waals surface area contributed by atoms with Crippen molar-refractivity contribution in [3.63, 3.8) is 0 Å². The summed E-state index contributed by atoms with van der Waals surface area (Å²) >= 11 is 0. The van der Waals surface area contributed by atoms with E-state index < -0.39 is 0 Å². The maximum Gasteiger partial charge on any atom is 0.0558 e. The standard InChI is InChI=1S/C18H38N2O/c1-6-10-19-17-9-8-16(18(3,4)5)13-15(17)14-20(7-2)11-12-21/h15-17,19,21H,6-14H2,1-5H3. The van der Waals surface area contributed by atoms with Crippen LogP contribution < -0.4 is 5.32 Å². The minimum absolute atomic E-state index is 0.274. The number of hydrogen-bond donors (Lipinski definition) is 2. The molecule has 0 aromatic rings. The van der Waals surface area contributed by atoms with Crippen molar-refractivity contribution < 1.29 is 5.11 Å². The first-order valence-electron chi connectivity index (χ1n) is 8.98. The molecule has 3 unspecified atom stereocenters. The van der Waals surface area contributed by atoms with Crippen molar-refractivity contribution in [3.05, 3.63) is 0 Å². The molecule has 1 rings (SSSR count). The lowest BCUT2D eigenvalue weighted by Crippen LogP contribution is -2.48. The van der Waals surface area contributed by atoms with Crippen molar-refractivity contribution in [2.45, 2.75) is 66.3 Å². The lowest BCUT2D eigenvalue weighted by Gasteiger charge is -2.43. The highest BCUT2D eigenvalue weighted by Crippen LogP contribution is 2.40. The number of nitrogens with zero attached hydrogens (tertiary/aromatic N) is 1. The van der Waals surface area contributed by atoms with Gasteiger partial charge in [0.25, 0.3) is 0 Å². The zero-order chi connectivity index (χ0) is 15.9. The van der Waals surface area contributed by atoms with Gasteiger partial charge in [0.1, 0.15) is 0 Å². The predicted molar refractivity (Wildman–Crippen MR) is 91.6 cm³/mol. The van der Waals surface area contributed by atoms with Crippen LogP contribution in [0.1, 0.15) is 60.3 Å². The Morgan fingerprint density at radius 1 is 1.19 bits per heavy atom. The average molecular weight is 299 g/mol. The summed E-state index contributed by atoms with van der Waals surface area (Å²) in [7, 11) is 0. The van der Waals surface area contributed by atoms with E-state index in [2.05, 4.69) is 44.8 Å². The topological polar surface area (TPSA) is 35.5 Å². The first-order chi connectivity index (χ1) is 9.92. The molecule has 3 atom stereocenters. The van der Waals surface area contributed by atoms with Crippen LogP contribution in [-0.4, -0.2) is 48.8 Å². The Bertz CT molecular complexity index is 275. The summed E-state index contributed by atoms with van der Waals surface area (Å²) in [4.78, 5) is 2.41. The number of aliphatic hydroxyl groups is 1. The summed E-state index contributed by atoms with van der Waals surface area (Å²) < 4.78 is 0. The minimum Gasteiger partial charge on any atom is -0.395 e. The third kappa shape index (κ3) is 6.25. The summed E-state index contributed by atoms with van der Waals surface area (Å²) in [5, 5.41) is 13.0. The van der Waals surface area contributed by atoms with Crippen molar-refractivity contribution in [2.75, 3.05) is 32.8 Å². The van der Waals surface area contributed by atoms with Gasteiger partial charge in [0.15, 0.2) is 0 Å². The van der Waals surface area contributed by atoms with Crippen LogP contribution in [0.3, 0.4) is 0 Å². The zero-order valence-electron chi connectivity index (χ0n) is 15.0. The van der Waals surface area contributed by atoms with Crippen LogP contribution in [-0.2, 0) is 0 Å². The van der Waals surface area contributed by atoms with E-state index in [9.17, 15) is 5.11 Å². The number of aliphatic hydroxyl groups excluding tert-OH is 1. The van der Waals surface area contributed by atoms with E-state index in [1.165, 1.54) is 25.7 Å². The molecule has 3 heteroatoms. The van der Waals surface area contributed by atoms with Crippen LogP contribution in [0.5, 0.6) is 0 Å². The van der Waals surface area contributed by atoms with E-state index in [4.69, 9.17) is 0 Å². The van der Waals surface area contributed by atoms with Crippen LogP contribution in [0.4, 0.5) is 0 Å². The summed E-state index contributed by atoms with van der Waals surface area (Å²) in [6, 6.07) is 0.663. The third-order valence-electron chi connectivity index (χ3n) is 5.22. The molecule has 0 aromatic carbocycles. The van der Waals surface area contributed by atoms with Gasteiger partial charge >= 0.3 is 0 Å². The molecule has 21 heavy (non-hydrogen) atoms. The first-order valence-corrected chi connectivity index (χ1v) is 8.98. The van der Waals surface area contributed by atoms with Crippen molar-refractivity contribution >= 4 is 0 Å². The fourth-order valence-electron chi connectivity index (χ4n) is 3.70. The molecule has 2 N–H and O–H groups in total. The van der Waals surface area contributed by atoms with Gasteiger partial charge < -0.3 is 15.3 Å². The van der Waals surface area contributed by atoms with Crippen LogP contribution >= 0.6 is 0 Å². The fraction of sp³-hybridized carbons (Fsp3) is 1.00. The fourth-order valence-corrected chi connectivity index (χ4v) is 3.70. The molecule has 0 heterocycles. The largest absolute Gasteiger partial charge is 0.395 e. The molecular weight excluding hydrogens is 260 g/mol. The predicted octanol–water partition coefficient (Wildman–Crippen LogP) is 3.13. The molecule has 1 fully saturated rings. The van der Waals surface area contributed by atoms with E-state index in [0.29, 0.717) is 11.5 Å². The van der Waals surface area contributed by atoms with Crippen molar-refractivity contribution in [3.8, 4) is 0 Å². The molecule has 1 aliphatic rings. The van der Waals surface area contributed by atoms with Gasteiger partial charge in [0, 0.05) is 19.1 Å². The summed E-state index contributed by atoms with van der Waals surface area (Å²) in [6.45, 7) is 16.0. The molecule has 1 aliphatic carbocycles. The number of hydrogen-bond acceptors (Lipinski definition) is 3. The maximum absolute atomic E-state index is 9.23. The number of rotatable bonds is 8. The summed E-state index contributed by atoms with van der Waals surface area (Å²) in [5.74, 6) is 1.55. The summed E-state index contributed by atoms with van der Waals surface area (Å²) in [5.41, 5.74) is 0.419. The second-order valence-electron chi connectivity index (χ2n) is 7.81. The molecule has 0 saturated heterocycles. The van der Waals surface area contributed by atoms with Crippen LogP contribution in [0.15, 0.2) is 0 Å². The van der Waals surface area contributed by atoms with Crippen LogP contribution in [0, 0.1) is 17.3 Å². The van der Waals surface area contributed by atoms with E-state index in [1.54, 1.807) is 0 Å². The molecule has 0 amide bonds. The molecule has 0 bridgehead atoms. The first kappa shape index (κ1) is 18.9. The molecule has 0 radical (unpaired) electrons. The van der Waals surface area contributed by atoms with Gasteiger partial charge in [-0.2, -0.15) is 0 Å². The van der Waals surface area contributed by atoms with E-state index in [-0.39, 0.29) is 6.61 Å². The number of nitrogens with one attached hydrogen (secondary N) is 1. The highest BCUT2D eigenvalue weighted by atomic mass is 16.3. The smallest absolute Gasteiger partial charge is 0.0558 e.